The van der Waals surface area contributed by atoms with Crippen LogP contribution in [0.4, 0.5) is 5.95 Å². The number of nitrogens with two attached hydrogens (primary N) is 1. The third-order valence-electron chi connectivity index (χ3n) is 1.99. The highest BCUT2D eigenvalue weighted by atomic mass is 35.5. The Labute approximate surface area is 108 Å². The molecule has 0 radical (unpaired) electrons. The summed E-state index contributed by atoms with van der Waals surface area (Å²) < 4.78 is 5.14. The molecule has 0 unspecified atom stereocenters. The van der Waals surface area contributed by atoms with Crippen molar-refractivity contribution in [1.29, 1.82) is 0 Å². The smallest absolute Gasteiger partial charge is 0.221 e. The van der Waals surface area contributed by atoms with Gasteiger partial charge in [-0.05, 0) is 18.2 Å². The zero-order valence-electron chi connectivity index (χ0n) is 9.05. The van der Waals surface area contributed by atoms with E-state index in [1.54, 1.807) is 7.11 Å². The molecule has 2 rings (SSSR count). The summed E-state index contributed by atoms with van der Waals surface area (Å²) in [4.78, 5) is 8.87. The molecule has 0 saturated heterocycles. The second-order valence-electron chi connectivity index (χ2n) is 3.16. The van der Waals surface area contributed by atoms with E-state index in [1.165, 1.54) is 18.0 Å². The SMILES string of the molecule is COc1cccc(Sc2nc(N)ncc2Cl)c1. The number of benzene rings is 1. The van der Waals surface area contributed by atoms with Gasteiger partial charge in [-0.3, -0.25) is 0 Å². The first-order valence-corrected chi connectivity index (χ1v) is 5.98. The standard InChI is InChI=1S/C11H10ClN3OS/c1-16-7-3-2-4-8(5-7)17-10-9(12)6-14-11(13)15-10/h2-6H,1H3,(H2,13,14,15). The maximum absolute atomic E-state index is 5.99. The zero-order chi connectivity index (χ0) is 12.3. The van der Waals surface area contributed by atoms with Gasteiger partial charge in [-0.1, -0.05) is 29.4 Å². The predicted molar refractivity (Wildman–Crippen MR) is 68.6 cm³/mol. The summed E-state index contributed by atoms with van der Waals surface area (Å²) in [5.41, 5.74) is 5.52. The van der Waals surface area contributed by atoms with E-state index >= 15 is 0 Å². The van der Waals surface area contributed by atoms with Crippen molar-refractivity contribution < 1.29 is 4.74 Å². The van der Waals surface area contributed by atoms with E-state index in [9.17, 15) is 0 Å². The van der Waals surface area contributed by atoms with Gasteiger partial charge in [0.25, 0.3) is 0 Å². The van der Waals surface area contributed by atoms with Gasteiger partial charge in [-0.2, -0.15) is 0 Å². The molecule has 0 bridgehead atoms. The molecule has 0 spiro atoms. The number of anilines is 1. The molecule has 0 aliphatic rings. The molecule has 0 atom stereocenters. The lowest BCUT2D eigenvalue weighted by atomic mass is 10.3. The van der Waals surface area contributed by atoms with Crippen LogP contribution in [0.25, 0.3) is 0 Å². The molecule has 2 aromatic rings. The molecule has 0 aliphatic heterocycles. The van der Waals surface area contributed by atoms with Crippen LogP contribution in [0.2, 0.25) is 5.02 Å². The lowest BCUT2D eigenvalue weighted by Gasteiger charge is -2.05. The monoisotopic (exact) mass is 267 g/mol. The van der Waals surface area contributed by atoms with E-state index in [0.29, 0.717) is 10.0 Å². The minimum absolute atomic E-state index is 0.208. The van der Waals surface area contributed by atoms with Crippen LogP contribution in [0, 0.1) is 0 Å². The Kier molecular flexibility index (Phi) is 3.71. The summed E-state index contributed by atoms with van der Waals surface area (Å²) in [7, 11) is 1.62. The number of rotatable bonds is 3. The lowest BCUT2D eigenvalue weighted by Crippen LogP contribution is -1.95. The summed E-state index contributed by atoms with van der Waals surface area (Å²) in [6.45, 7) is 0. The third kappa shape index (κ3) is 3.01. The number of hydrogen-bond donors (Lipinski definition) is 1. The molecule has 1 aromatic carbocycles. The van der Waals surface area contributed by atoms with Crippen LogP contribution in [0.15, 0.2) is 40.4 Å². The molecule has 1 aromatic heterocycles. The molecule has 17 heavy (non-hydrogen) atoms. The van der Waals surface area contributed by atoms with E-state index in [1.807, 2.05) is 24.3 Å². The van der Waals surface area contributed by atoms with Crippen LogP contribution in [0.1, 0.15) is 0 Å². The first kappa shape index (κ1) is 12.0. The molecule has 0 amide bonds. The minimum Gasteiger partial charge on any atom is -0.497 e. The molecule has 2 N–H and O–H groups in total. The molecular weight excluding hydrogens is 258 g/mol. The van der Waals surface area contributed by atoms with Gasteiger partial charge in [0, 0.05) is 4.90 Å². The number of halogens is 1. The topological polar surface area (TPSA) is 61.0 Å². The molecule has 1 heterocycles. The van der Waals surface area contributed by atoms with Gasteiger partial charge in [0.15, 0.2) is 0 Å². The molecule has 6 heteroatoms. The van der Waals surface area contributed by atoms with Crippen LogP contribution in [0.3, 0.4) is 0 Å². The predicted octanol–water partition coefficient (Wildman–Crippen LogP) is 2.87. The summed E-state index contributed by atoms with van der Waals surface area (Å²) >= 11 is 7.40. The van der Waals surface area contributed by atoms with Crippen LogP contribution < -0.4 is 10.5 Å². The van der Waals surface area contributed by atoms with E-state index in [0.717, 1.165) is 10.6 Å². The number of ether oxygens (including phenoxy) is 1. The van der Waals surface area contributed by atoms with E-state index in [-0.39, 0.29) is 5.95 Å². The van der Waals surface area contributed by atoms with Crippen molar-refractivity contribution in [2.75, 3.05) is 12.8 Å². The number of methoxy groups -OCH3 is 1. The normalized spacial score (nSPS) is 10.2. The molecule has 88 valence electrons. The highest BCUT2D eigenvalue weighted by Gasteiger charge is 2.06. The first-order valence-electron chi connectivity index (χ1n) is 4.79. The fourth-order valence-corrected chi connectivity index (χ4v) is 2.25. The fraction of sp³-hybridized carbons (Fsp3) is 0.0909. The Morgan fingerprint density at radius 1 is 1.41 bits per heavy atom. The summed E-state index contributed by atoms with van der Waals surface area (Å²) in [5, 5.41) is 1.11. The number of nitrogen functional groups attached to an aromatic ring is 1. The van der Waals surface area contributed by atoms with Crippen molar-refractivity contribution in [2.45, 2.75) is 9.92 Å². The Bertz CT molecular complexity index is 536. The fourth-order valence-electron chi connectivity index (χ4n) is 1.21. The van der Waals surface area contributed by atoms with Crippen LogP contribution in [-0.4, -0.2) is 17.1 Å². The maximum Gasteiger partial charge on any atom is 0.221 e. The van der Waals surface area contributed by atoms with Gasteiger partial charge in [0.2, 0.25) is 5.95 Å². The minimum atomic E-state index is 0.208. The van der Waals surface area contributed by atoms with Crippen molar-refractivity contribution in [1.82, 2.24) is 9.97 Å². The van der Waals surface area contributed by atoms with Gasteiger partial charge >= 0.3 is 0 Å². The van der Waals surface area contributed by atoms with Crippen LogP contribution >= 0.6 is 23.4 Å². The van der Waals surface area contributed by atoms with Crippen LogP contribution in [0.5, 0.6) is 5.75 Å². The Morgan fingerprint density at radius 3 is 3.00 bits per heavy atom. The van der Waals surface area contributed by atoms with Gasteiger partial charge < -0.3 is 10.5 Å². The van der Waals surface area contributed by atoms with Crippen molar-refractivity contribution in [3.63, 3.8) is 0 Å². The molecule has 0 aliphatic carbocycles. The Balaban J connectivity index is 2.27. The molecule has 0 saturated carbocycles. The lowest BCUT2D eigenvalue weighted by molar-refractivity contribution is 0.413. The summed E-state index contributed by atoms with van der Waals surface area (Å²) in [6, 6.07) is 7.63. The van der Waals surface area contributed by atoms with Crippen molar-refractivity contribution in [2.24, 2.45) is 0 Å². The van der Waals surface area contributed by atoms with Crippen molar-refractivity contribution >= 4 is 29.3 Å². The molecule has 4 nitrogen and oxygen atoms in total. The van der Waals surface area contributed by atoms with Gasteiger partial charge in [-0.25, -0.2) is 9.97 Å². The largest absolute Gasteiger partial charge is 0.497 e. The third-order valence-corrected chi connectivity index (χ3v) is 3.37. The summed E-state index contributed by atoms with van der Waals surface area (Å²) in [5.74, 6) is 0.993. The maximum atomic E-state index is 5.99. The quantitative estimate of drug-likeness (QED) is 0.867. The summed E-state index contributed by atoms with van der Waals surface area (Å²) in [6.07, 6.45) is 1.49. The zero-order valence-corrected chi connectivity index (χ0v) is 10.6. The second-order valence-corrected chi connectivity index (χ2v) is 4.63. The average Bonchev–Trinajstić information content (AvgIpc) is 2.34. The number of hydrogen-bond acceptors (Lipinski definition) is 5. The van der Waals surface area contributed by atoms with Gasteiger partial charge in [0.05, 0.1) is 18.3 Å². The van der Waals surface area contributed by atoms with Crippen molar-refractivity contribution in [3.05, 3.63) is 35.5 Å². The highest BCUT2D eigenvalue weighted by molar-refractivity contribution is 7.99. The van der Waals surface area contributed by atoms with Crippen molar-refractivity contribution in [3.8, 4) is 5.75 Å². The average molecular weight is 268 g/mol. The highest BCUT2D eigenvalue weighted by Crippen LogP contribution is 2.32. The van der Waals surface area contributed by atoms with Gasteiger partial charge in [-0.15, -0.1) is 0 Å². The van der Waals surface area contributed by atoms with Crippen LogP contribution in [-0.2, 0) is 0 Å². The van der Waals surface area contributed by atoms with Gasteiger partial charge in [0.1, 0.15) is 10.8 Å². The van der Waals surface area contributed by atoms with E-state index in [4.69, 9.17) is 22.1 Å². The number of aromatic nitrogens is 2. The first-order chi connectivity index (χ1) is 8.19. The Morgan fingerprint density at radius 2 is 2.24 bits per heavy atom. The van der Waals surface area contributed by atoms with E-state index in [2.05, 4.69) is 9.97 Å². The van der Waals surface area contributed by atoms with E-state index < -0.39 is 0 Å². The molecule has 0 fully saturated rings. The molecular formula is C11H10ClN3OS. The Hall–Kier alpha value is -1.46. The number of nitrogens with zero attached hydrogens (tertiary/aromatic N) is 2. The second kappa shape index (κ2) is 5.25.